The largest absolute Gasteiger partial charge is 0.484 e. The molecule has 0 heterocycles. The highest BCUT2D eigenvalue weighted by atomic mass is 16.5. The fraction of sp³-hybridized carbons (Fsp3) is 0.429. The lowest BCUT2D eigenvalue weighted by Crippen LogP contribution is -2.36. The van der Waals surface area contributed by atoms with Gasteiger partial charge < -0.3 is 14.4 Å². The SMILES string of the molecule is COC(=O)CN(C)C(=O)COc1ccc(C)cc1C. The number of benzene rings is 1. The second-order valence-electron chi connectivity index (χ2n) is 4.38. The monoisotopic (exact) mass is 265 g/mol. The predicted octanol–water partition coefficient (Wildman–Crippen LogP) is 1.31. The standard InChI is InChI=1S/C14H19NO4/c1-10-5-6-12(11(2)7-10)19-9-13(16)15(3)8-14(17)18-4/h5-7H,8-9H2,1-4H3. The molecule has 5 heteroatoms. The number of esters is 1. The Balaban J connectivity index is 2.52. The number of amides is 1. The van der Waals surface area contributed by atoms with E-state index in [0.29, 0.717) is 5.75 Å². The summed E-state index contributed by atoms with van der Waals surface area (Å²) in [6, 6.07) is 5.74. The molecule has 0 aromatic heterocycles. The molecule has 0 aliphatic carbocycles. The van der Waals surface area contributed by atoms with Gasteiger partial charge in [-0.2, -0.15) is 0 Å². The fourth-order valence-electron chi connectivity index (χ4n) is 1.56. The third-order valence-electron chi connectivity index (χ3n) is 2.70. The summed E-state index contributed by atoms with van der Waals surface area (Å²) in [5, 5.41) is 0. The molecule has 0 bridgehead atoms. The lowest BCUT2D eigenvalue weighted by atomic mass is 10.1. The van der Waals surface area contributed by atoms with Crippen LogP contribution < -0.4 is 4.74 Å². The van der Waals surface area contributed by atoms with Gasteiger partial charge in [0, 0.05) is 7.05 Å². The summed E-state index contributed by atoms with van der Waals surface area (Å²) >= 11 is 0. The number of rotatable bonds is 5. The molecule has 1 amide bonds. The van der Waals surface area contributed by atoms with Gasteiger partial charge in [-0.15, -0.1) is 0 Å². The van der Waals surface area contributed by atoms with Crippen LogP contribution in [0.4, 0.5) is 0 Å². The molecule has 0 atom stereocenters. The number of hydrogen-bond acceptors (Lipinski definition) is 4. The Morgan fingerprint density at radius 2 is 1.95 bits per heavy atom. The maximum atomic E-state index is 11.7. The van der Waals surface area contributed by atoms with Crippen LogP contribution in [0.2, 0.25) is 0 Å². The highest BCUT2D eigenvalue weighted by molar-refractivity contribution is 5.82. The number of likely N-dealkylation sites (N-methyl/N-ethyl adjacent to an activating group) is 1. The summed E-state index contributed by atoms with van der Waals surface area (Å²) in [5.74, 6) is -0.0573. The molecule has 1 rings (SSSR count). The van der Waals surface area contributed by atoms with E-state index >= 15 is 0 Å². The van der Waals surface area contributed by atoms with Gasteiger partial charge >= 0.3 is 5.97 Å². The number of aryl methyl sites for hydroxylation is 2. The molecule has 0 fully saturated rings. The van der Waals surface area contributed by atoms with Gasteiger partial charge in [0.05, 0.1) is 7.11 Å². The molecule has 0 aliphatic heterocycles. The summed E-state index contributed by atoms with van der Waals surface area (Å²) in [5.41, 5.74) is 2.11. The van der Waals surface area contributed by atoms with Crippen molar-refractivity contribution in [2.75, 3.05) is 27.3 Å². The lowest BCUT2D eigenvalue weighted by molar-refractivity contribution is -0.146. The number of ether oxygens (including phenoxy) is 2. The van der Waals surface area contributed by atoms with Crippen LogP contribution in [0.15, 0.2) is 18.2 Å². The van der Waals surface area contributed by atoms with E-state index in [9.17, 15) is 9.59 Å². The van der Waals surface area contributed by atoms with Gasteiger partial charge in [-0.3, -0.25) is 9.59 Å². The summed E-state index contributed by atoms with van der Waals surface area (Å²) in [6.07, 6.45) is 0. The van der Waals surface area contributed by atoms with E-state index in [-0.39, 0.29) is 19.1 Å². The van der Waals surface area contributed by atoms with Gasteiger partial charge in [-0.1, -0.05) is 17.7 Å². The number of nitrogens with zero attached hydrogens (tertiary/aromatic N) is 1. The van der Waals surface area contributed by atoms with Crippen molar-refractivity contribution in [2.24, 2.45) is 0 Å². The van der Waals surface area contributed by atoms with Crippen molar-refractivity contribution in [1.29, 1.82) is 0 Å². The first-order valence-electron chi connectivity index (χ1n) is 5.95. The first-order chi connectivity index (χ1) is 8.93. The van der Waals surface area contributed by atoms with E-state index in [1.807, 2.05) is 32.0 Å². The minimum absolute atomic E-state index is 0.0778. The Kier molecular flexibility index (Phi) is 5.36. The predicted molar refractivity (Wildman–Crippen MR) is 71.1 cm³/mol. The van der Waals surface area contributed by atoms with Crippen molar-refractivity contribution in [3.05, 3.63) is 29.3 Å². The van der Waals surface area contributed by atoms with Crippen LogP contribution in [0.1, 0.15) is 11.1 Å². The third kappa shape index (κ3) is 4.62. The summed E-state index contributed by atoms with van der Waals surface area (Å²) in [6.45, 7) is 3.74. The van der Waals surface area contributed by atoms with E-state index in [1.165, 1.54) is 19.1 Å². The van der Waals surface area contributed by atoms with Gasteiger partial charge in [-0.25, -0.2) is 0 Å². The van der Waals surface area contributed by atoms with Crippen LogP contribution >= 0.6 is 0 Å². The highest BCUT2D eigenvalue weighted by Crippen LogP contribution is 2.18. The number of methoxy groups -OCH3 is 1. The van der Waals surface area contributed by atoms with Crippen molar-refractivity contribution in [2.45, 2.75) is 13.8 Å². The van der Waals surface area contributed by atoms with Crippen molar-refractivity contribution in [3.63, 3.8) is 0 Å². The first kappa shape index (κ1) is 15.0. The summed E-state index contributed by atoms with van der Waals surface area (Å²) in [4.78, 5) is 24.0. The number of hydrogen-bond donors (Lipinski definition) is 0. The molecule has 0 unspecified atom stereocenters. The third-order valence-corrected chi connectivity index (χ3v) is 2.70. The smallest absolute Gasteiger partial charge is 0.325 e. The zero-order valence-electron chi connectivity index (χ0n) is 11.7. The van der Waals surface area contributed by atoms with Gasteiger partial charge in [0.2, 0.25) is 0 Å². The average Bonchev–Trinajstić information content (AvgIpc) is 2.37. The Labute approximate surface area is 113 Å². The van der Waals surface area contributed by atoms with Crippen LogP contribution in [0.5, 0.6) is 5.75 Å². The fourth-order valence-corrected chi connectivity index (χ4v) is 1.56. The number of carbonyl (C=O) groups excluding carboxylic acids is 2. The molecular weight excluding hydrogens is 246 g/mol. The Hall–Kier alpha value is -2.04. The zero-order chi connectivity index (χ0) is 14.4. The second kappa shape index (κ2) is 6.78. The lowest BCUT2D eigenvalue weighted by Gasteiger charge is -2.16. The molecule has 0 saturated heterocycles. The van der Waals surface area contributed by atoms with Gasteiger partial charge in [0.1, 0.15) is 12.3 Å². The van der Waals surface area contributed by atoms with Crippen LogP contribution in [0.25, 0.3) is 0 Å². The average molecular weight is 265 g/mol. The topological polar surface area (TPSA) is 55.8 Å². The van der Waals surface area contributed by atoms with Crippen molar-refractivity contribution in [3.8, 4) is 5.75 Å². The Morgan fingerprint density at radius 3 is 2.53 bits per heavy atom. The number of carbonyl (C=O) groups is 2. The van der Waals surface area contributed by atoms with Gasteiger partial charge in [0.15, 0.2) is 6.61 Å². The normalized spacial score (nSPS) is 9.89. The summed E-state index contributed by atoms with van der Waals surface area (Å²) in [7, 11) is 2.82. The highest BCUT2D eigenvalue weighted by Gasteiger charge is 2.14. The minimum atomic E-state index is -0.456. The van der Waals surface area contributed by atoms with Gasteiger partial charge in [-0.05, 0) is 25.5 Å². The van der Waals surface area contributed by atoms with E-state index in [0.717, 1.165) is 11.1 Å². The van der Waals surface area contributed by atoms with Crippen LogP contribution in [-0.4, -0.2) is 44.1 Å². The minimum Gasteiger partial charge on any atom is -0.484 e. The quantitative estimate of drug-likeness (QED) is 0.753. The molecule has 1 aromatic rings. The molecule has 0 N–H and O–H groups in total. The van der Waals surface area contributed by atoms with E-state index in [1.54, 1.807) is 0 Å². The Morgan fingerprint density at radius 1 is 1.26 bits per heavy atom. The van der Waals surface area contributed by atoms with E-state index in [2.05, 4.69) is 4.74 Å². The van der Waals surface area contributed by atoms with Crippen LogP contribution in [0.3, 0.4) is 0 Å². The van der Waals surface area contributed by atoms with Crippen LogP contribution in [-0.2, 0) is 14.3 Å². The second-order valence-corrected chi connectivity index (χ2v) is 4.38. The molecule has 0 aliphatic rings. The molecule has 0 radical (unpaired) electrons. The Bertz CT molecular complexity index is 471. The van der Waals surface area contributed by atoms with E-state index in [4.69, 9.17) is 4.74 Å². The molecule has 5 nitrogen and oxygen atoms in total. The zero-order valence-corrected chi connectivity index (χ0v) is 11.7. The molecule has 19 heavy (non-hydrogen) atoms. The summed E-state index contributed by atoms with van der Waals surface area (Å²) < 4.78 is 9.94. The first-order valence-corrected chi connectivity index (χ1v) is 5.95. The van der Waals surface area contributed by atoms with Gasteiger partial charge in [0.25, 0.3) is 5.91 Å². The van der Waals surface area contributed by atoms with Crippen molar-refractivity contribution < 1.29 is 19.1 Å². The van der Waals surface area contributed by atoms with E-state index < -0.39 is 5.97 Å². The van der Waals surface area contributed by atoms with Crippen LogP contribution in [0, 0.1) is 13.8 Å². The van der Waals surface area contributed by atoms with Crippen molar-refractivity contribution in [1.82, 2.24) is 4.90 Å². The molecule has 1 aromatic carbocycles. The molecule has 104 valence electrons. The molecule has 0 saturated carbocycles. The maximum Gasteiger partial charge on any atom is 0.325 e. The van der Waals surface area contributed by atoms with Crippen molar-refractivity contribution >= 4 is 11.9 Å². The maximum absolute atomic E-state index is 11.7. The molecular formula is C14H19NO4. The molecule has 0 spiro atoms.